The third-order valence-electron chi connectivity index (χ3n) is 7.92. The summed E-state index contributed by atoms with van der Waals surface area (Å²) in [5.41, 5.74) is 11.6. The molecule has 2 atom stereocenters. The Labute approximate surface area is 267 Å². The molecule has 0 radical (unpaired) electrons. The molecule has 240 valence electrons. The Bertz CT molecular complexity index is 1640. The number of sulfonamides is 1. The number of nitrogens with two attached hydrogens (primary N) is 2. The topological polar surface area (TPSA) is 181 Å². The smallest absolute Gasteiger partial charge is 0.246 e. The summed E-state index contributed by atoms with van der Waals surface area (Å²) in [5.74, 6) is -1.80. The highest BCUT2D eigenvalue weighted by Gasteiger charge is 2.46. The highest BCUT2D eigenvalue weighted by molar-refractivity contribution is 7.88. The number of carbonyl (C=O) groups excluding carboxylic acids is 3. The molecule has 12 nitrogen and oxygen atoms in total. The summed E-state index contributed by atoms with van der Waals surface area (Å²) in [4.78, 5) is 51.1. The lowest BCUT2D eigenvalue weighted by molar-refractivity contribution is -0.149. The van der Waals surface area contributed by atoms with E-state index < -0.39 is 39.5 Å². The van der Waals surface area contributed by atoms with Crippen molar-refractivity contribution in [2.45, 2.75) is 63.0 Å². The second-order valence-corrected chi connectivity index (χ2v) is 14.3. The largest absolute Gasteiger partial charge is 0.370 e. The summed E-state index contributed by atoms with van der Waals surface area (Å²) in [6.45, 7) is 3.52. The van der Waals surface area contributed by atoms with Crippen LogP contribution < -0.4 is 16.8 Å². The van der Waals surface area contributed by atoms with E-state index in [4.69, 9.17) is 11.5 Å². The molecule has 2 amide bonds. The first-order valence-electron chi connectivity index (χ1n) is 14.5. The van der Waals surface area contributed by atoms with Gasteiger partial charge in [-0.3, -0.25) is 19.4 Å². The number of carbonyl (C=O) groups is 3. The van der Waals surface area contributed by atoms with E-state index in [2.05, 4.69) is 15.3 Å². The molecule has 5 N–H and O–H groups in total. The van der Waals surface area contributed by atoms with Crippen LogP contribution in [-0.4, -0.2) is 77.4 Å². The fourth-order valence-corrected chi connectivity index (χ4v) is 7.20. The number of thiazole rings is 1. The fraction of sp³-hybridized carbons (Fsp3) is 0.387. The van der Waals surface area contributed by atoms with E-state index >= 15 is 0 Å². The van der Waals surface area contributed by atoms with Crippen LogP contribution in [0.5, 0.6) is 0 Å². The Morgan fingerprint density at radius 1 is 1.13 bits per heavy atom. The van der Waals surface area contributed by atoms with E-state index in [1.54, 1.807) is 49.6 Å². The Kier molecular flexibility index (Phi) is 10.7. The van der Waals surface area contributed by atoms with E-state index in [1.807, 2.05) is 24.3 Å². The van der Waals surface area contributed by atoms with Crippen LogP contribution in [0, 0.1) is 0 Å². The standard InChI is InChI=1S/C31H39N7O5S2/c1-31(2,29(41)36-24(14-9-15-35-30(32)33)26(39)27-34-16-17-44-27)38-19-23-13-8-7-12-22(23)18-25(28(38)40)37(3)45(42,43)20-21-10-5-4-6-11-21/h4-8,10-13,16-17,24-25H,9,14-15,18-20H2,1-3H3,(H,36,41)(H4,32,33,35)/t24-,25?/m0/s1. The number of nitrogens with zero attached hydrogens (tertiary/aromatic N) is 4. The molecule has 0 aliphatic carbocycles. The molecule has 1 aromatic heterocycles. The van der Waals surface area contributed by atoms with Gasteiger partial charge in [0, 0.05) is 31.7 Å². The number of amides is 2. The lowest BCUT2D eigenvalue weighted by Crippen LogP contribution is -2.62. The molecule has 0 bridgehead atoms. The second kappa shape index (κ2) is 14.3. The number of guanidine groups is 1. The van der Waals surface area contributed by atoms with Gasteiger partial charge in [-0.05, 0) is 49.8 Å². The van der Waals surface area contributed by atoms with Crippen LogP contribution in [0.3, 0.4) is 0 Å². The SMILES string of the molecule is CN(C1Cc2ccccc2CN(C(C)(C)C(=O)N[C@@H](CCCN=C(N)N)C(=O)c2nccs2)C1=O)S(=O)(=O)Cc1ccccc1. The molecule has 1 aliphatic rings. The molecule has 1 unspecified atom stereocenters. The van der Waals surface area contributed by atoms with Crippen LogP contribution in [0.1, 0.15) is 53.2 Å². The number of aliphatic imine (C=N–C) groups is 1. The van der Waals surface area contributed by atoms with Gasteiger partial charge in [0.05, 0.1) is 11.8 Å². The summed E-state index contributed by atoms with van der Waals surface area (Å²) < 4.78 is 28.3. The van der Waals surface area contributed by atoms with Crippen LogP contribution in [0.25, 0.3) is 0 Å². The van der Waals surface area contributed by atoms with E-state index in [0.717, 1.165) is 26.8 Å². The van der Waals surface area contributed by atoms with Crippen molar-refractivity contribution in [2.75, 3.05) is 13.6 Å². The van der Waals surface area contributed by atoms with Crippen molar-refractivity contribution in [3.8, 4) is 0 Å². The normalized spacial score (nSPS) is 16.0. The molecule has 0 saturated carbocycles. The molecular formula is C31H39N7O5S2. The molecule has 0 fully saturated rings. The van der Waals surface area contributed by atoms with Gasteiger partial charge in [-0.25, -0.2) is 13.4 Å². The van der Waals surface area contributed by atoms with Gasteiger partial charge in [0.1, 0.15) is 11.6 Å². The van der Waals surface area contributed by atoms with Gasteiger partial charge >= 0.3 is 0 Å². The van der Waals surface area contributed by atoms with Crippen molar-refractivity contribution in [3.63, 3.8) is 0 Å². The van der Waals surface area contributed by atoms with Gasteiger partial charge in [-0.2, -0.15) is 4.31 Å². The maximum Gasteiger partial charge on any atom is 0.246 e. The van der Waals surface area contributed by atoms with E-state index in [1.165, 1.54) is 18.1 Å². The maximum atomic E-state index is 14.3. The van der Waals surface area contributed by atoms with Crippen molar-refractivity contribution >= 4 is 44.9 Å². The zero-order valence-corrected chi connectivity index (χ0v) is 27.2. The fourth-order valence-electron chi connectivity index (χ4n) is 5.20. The minimum atomic E-state index is -3.92. The first kappa shape index (κ1) is 33.7. The summed E-state index contributed by atoms with van der Waals surface area (Å²) in [5, 5.41) is 4.76. The Hall–Kier alpha value is -4.14. The Morgan fingerprint density at radius 3 is 2.44 bits per heavy atom. The summed E-state index contributed by atoms with van der Waals surface area (Å²) in [6.07, 6.45) is 2.29. The molecule has 0 spiro atoms. The lowest BCUT2D eigenvalue weighted by atomic mass is 9.97. The molecule has 2 heterocycles. The third-order valence-corrected chi connectivity index (χ3v) is 10.5. The van der Waals surface area contributed by atoms with Gasteiger partial charge < -0.3 is 21.7 Å². The van der Waals surface area contributed by atoms with Crippen LogP contribution >= 0.6 is 11.3 Å². The number of hydrogen-bond donors (Lipinski definition) is 3. The minimum Gasteiger partial charge on any atom is -0.370 e. The maximum absolute atomic E-state index is 14.3. The number of aromatic nitrogens is 1. The van der Waals surface area contributed by atoms with Gasteiger partial charge in [-0.15, -0.1) is 11.3 Å². The quantitative estimate of drug-likeness (QED) is 0.108. The Balaban J connectivity index is 1.63. The van der Waals surface area contributed by atoms with E-state index in [9.17, 15) is 22.8 Å². The van der Waals surface area contributed by atoms with E-state index in [-0.39, 0.29) is 48.4 Å². The zero-order chi connectivity index (χ0) is 32.8. The van der Waals surface area contributed by atoms with Crippen LogP contribution in [0.2, 0.25) is 0 Å². The Morgan fingerprint density at radius 2 is 1.80 bits per heavy atom. The minimum absolute atomic E-state index is 0.0757. The molecular weight excluding hydrogens is 615 g/mol. The highest BCUT2D eigenvalue weighted by Crippen LogP contribution is 2.29. The molecule has 0 saturated heterocycles. The van der Waals surface area contributed by atoms with Crippen molar-refractivity contribution in [3.05, 3.63) is 87.9 Å². The number of nitrogens with one attached hydrogen (secondary N) is 1. The average molecular weight is 654 g/mol. The summed E-state index contributed by atoms with van der Waals surface area (Å²) in [6, 6.07) is 14.1. The molecule has 2 aromatic carbocycles. The average Bonchev–Trinajstić information content (AvgIpc) is 3.50. The van der Waals surface area contributed by atoms with Crippen molar-refractivity contribution in [2.24, 2.45) is 16.5 Å². The molecule has 45 heavy (non-hydrogen) atoms. The number of Topliss-reactive ketones (excluding diaryl/α,β-unsaturated/α-hetero) is 1. The number of ketones is 1. The van der Waals surface area contributed by atoms with Crippen LogP contribution in [0.4, 0.5) is 0 Å². The predicted octanol–water partition coefficient (Wildman–Crippen LogP) is 2.06. The summed E-state index contributed by atoms with van der Waals surface area (Å²) in [7, 11) is -2.52. The monoisotopic (exact) mass is 653 g/mol. The van der Waals surface area contributed by atoms with Crippen LogP contribution in [-0.2, 0) is 38.3 Å². The second-order valence-electron chi connectivity index (χ2n) is 11.4. The first-order chi connectivity index (χ1) is 21.3. The van der Waals surface area contributed by atoms with E-state index in [0.29, 0.717) is 12.0 Å². The molecule has 1 aliphatic heterocycles. The van der Waals surface area contributed by atoms with Crippen molar-refractivity contribution in [1.82, 2.24) is 19.5 Å². The van der Waals surface area contributed by atoms with Crippen molar-refractivity contribution < 1.29 is 22.8 Å². The first-order valence-corrected chi connectivity index (χ1v) is 17.0. The lowest BCUT2D eigenvalue weighted by Gasteiger charge is -2.40. The number of rotatable bonds is 13. The number of hydrogen-bond acceptors (Lipinski definition) is 8. The van der Waals surface area contributed by atoms with Crippen molar-refractivity contribution in [1.29, 1.82) is 0 Å². The number of likely N-dealkylation sites (N-methyl/N-ethyl adjacent to an activating group) is 1. The van der Waals surface area contributed by atoms with Gasteiger partial charge in [0.15, 0.2) is 11.0 Å². The predicted molar refractivity (Wildman–Crippen MR) is 174 cm³/mol. The summed E-state index contributed by atoms with van der Waals surface area (Å²) >= 11 is 1.16. The molecule has 3 aromatic rings. The number of fused-ring (bicyclic) bond motifs is 1. The highest BCUT2D eigenvalue weighted by atomic mass is 32.2. The third kappa shape index (κ3) is 8.12. The van der Waals surface area contributed by atoms with Gasteiger partial charge in [0.2, 0.25) is 27.6 Å². The molecule has 14 heteroatoms. The van der Waals surface area contributed by atoms with Crippen LogP contribution in [0.15, 0.2) is 71.2 Å². The van der Waals surface area contributed by atoms with Gasteiger partial charge in [0.25, 0.3) is 0 Å². The zero-order valence-electron chi connectivity index (χ0n) is 25.5. The molecule has 4 rings (SSSR count). The van der Waals surface area contributed by atoms with Gasteiger partial charge in [-0.1, -0.05) is 54.6 Å². The number of benzene rings is 2.